The molecule has 2 amide bonds. The molecule has 2 atom stereocenters. The summed E-state index contributed by atoms with van der Waals surface area (Å²) in [5.41, 5.74) is 6.69. The average Bonchev–Trinajstić information content (AvgIpc) is 3.31. The van der Waals surface area contributed by atoms with E-state index < -0.39 is 11.9 Å². The zero-order valence-electron chi connectivity index (χ0n) is 14.2. The summed E-state index contributed by atoms with van der Waals surface area (Å²) in [6, 6.07) is 1.03. The molecule has 134 valence electrons. The highest BCUT2D eigenvalue weighted by Gasteiger charge is 2.30. The molecule has 0 saturated heterocycles. The van der Waals surface area contributed by atoms with E-state index in [1.165, 1.54) is 22.4 Å². The third kappa shape index (κ3) is 4.07. The van der Waals surface area contributed by atoms with E-state index in [9.17, 15) is 9.59 Å². The van der Waals surface area contributed by atoms with Crippen molar-refractivity contribution < 1.29 is 9.59 Å². The summed E-state index contributed by atoms with van der Waals surface area (Å²) in [6.45, 7) is 1.68. The van der Waals surface area contributed by atoms with E-state index in [0.717, 1.165) is 25.7 Å². The second-order valence-electron chi connectivity index (χ2n) is 6.56. The number of primary amides is 1. The van der Waals surface area contributed by atoms with Crippen molar-refractivity contribution in [2.75, 3.05) is 0 Å². The second kappa shape index (κ2) is 7.77. The fourth-order valence-corrected chi connectivity index (χ4v) is 3.91. The van der Waals surface area contributed by atoms with Crippen LogP contribution >= 0.6 is 11.3 Å². The fourth-order valence-electron chi connectivity index (χ4n) is 3.27. The average molecular weight is 361 g/mol. The number of carbonyl (C=O) groups is 2. The van der Waals surface area contributed by atoms with Gasteiger partial charge in [-0.1, -0.05) is 24.5 Å². The van der Waals surface area contributed by atoms with E-state index in [-0.39, 0.29) is 11.9 Å². The van der Waals surface area contributed by atoms with Crippen LogP contribution in [0.2, 0.25) is 0 Å². The van der Waals surface area contributed by atoms with Crippen LogP contribution in [0.4, 0.5) is 0 Å². The molecule has 0 radical (unpaired) electrons. The predicted octanol–water partition coefficient (Wildman–Crippen LogP) is 2.44. The van der Waals surface area contributed by atoms with Crippen LogP contribution in [-0.2, 0) is 4.79 Å². The summed E-state index contributed by atoms with van der Waals surface area (Å²) in [5, 5.41) is 15.1. The summed E-state index contributed by atoms with van der Waals surface area (Å²) >= 11 is 1.49. The summed E-state index contributed by atoms with van der Waals surface area (Å²) in [4.78, 5) is 23.9. The number of hydrogen-bond acceptors (Lipinski definition) is 5. The number of aromatic nitrogens is 3. The Morgan fingerprint density at radius 2 is 2.12 bits per heavy atom. The Hall–Kier alpha value is -2.22. The zero-order valence-corrected chi connectivity index (χ0v) is 15.0. The van der Waals surface area contributed by atoms with Gasteiger partial charge < -0.3 is 11.1 Å². The Morgan fingerprint density at radius 1 is 1.36 bits per heavy atom. The van der Waals surface area contributed by atoms with Gasteiger partial charge in [-0.15, -0.1) is 5.10 Å². The minimum Gasteiger partial charge on any atom is -0.368 e. The van der Waals surface area contributed by atoms with Crippen molar-refractivity contribution in [1.29, 1.82) is 0 Å². The van der Waals surface area contributed by atoms with Gasteiger partial charge in [0.05, 0.1) is 17.8 Å². The molecule has 2 heterocycles. The Labute approximate surface area is 150 Å². The molecular formula is C17H23N5O2S. The van der Waals surface area contributed by atoms with Crippen LogP contribution in [-0.4, -0.2) is 26.8 Å². The minimum atomic E-state index is -0.569. The van der Waals surface area contributed by atoms with Gasteiger partial charge in [-0.05, 0) is 37.1 Å². The number of nitrogens with one attached hydrogen (secondary N) is 1. The number of hydrogen-bond donors (Lipinski definition) is 2. The fraction of sp³-hybridized carbons (Fsp3) is 0.529. The first kappa shape index (κ1) is 17.6. The number of nitrogens with two attached hydrogens (primary N) is 1. The molecule has 1 aliphatic carbocycles. The largest absolute Gasteiger partial charge is 0.368 e. The van der Waals surface area contributed by atoms with Gasteiger partial charge in [-0.25, -0.2) is 4.68 Å². The molecule has 3 N–H and O–H groups in total. The molecule has 1 fully saturated rings. The van der Waals surface area contributed by atoms with Gasteiger partial charge in [-0.2, -0.15) is 11.3 Å². The number of amides is 2. The summed E-state index contributed by atoms with van der Waals surface area (Å²) in [6.07, 6.45) is 7.36. The third-order valence-corrected chi connectivity index (χ3v) is 5.53. The third-order valence-electron chi connectivity index (χ3n) is 4.85. The van der Waals surface area contributed by atoms with Crippen LogP contribution in [0, 0.1) is 5.92 Å². The zero-order chi connectivity index (χ0) is 17.8. The first-order valence-corrected chi connectivity index (χ1v) is 9.54. The van der Waals surface area contributed by atoms with E-state index in [1.54, 1.807) is 13.1 Å². The SMILES string of the molecule is C[C@H](C(N)=O)n1cc([C@@H](NC(=O)c2ccsc2)C2CCCCC2)nn1. The lowest BCUT2D eigenvalue weighted by Gasteiger charge is -2.29. The molecule has 0 bridgehead atoms. The van der Waals surface area contributed by atoms with Crippen LogP contribution in [0.25, 0.3) is 0 Å². The van der Waals surface area contributed by atoms with Crippen LogP contribution < -0.4 is 11.1 Å². The lowest BCUT2D eigenvalue weighted by atomic mass is 9.82. The highest BCUT2D eigenvalue weighted by atomic mass is 32.1. The van der Waals surface area contributed by atoms with Crippen LogP contribution in [0.15, 0.2) is 23.0 Å². The van der Waals surface area contributed by atoms with Gasteiger partial charge >= 0.3 is 0 Å². The predicted molar refractivity (Wildman–Crippen MR) is 95.0 cm³/mol. The van der Waals surface area contributed by atoms with Crippen LogP contribution in [0.3, 0.4) is 0 Å². The minimum absolute atomic E-state index is 0.102. The molecule has 0 aromatic carbocycles. The van der Waals surface area contributed by atoms with Gasteiger partial charge in [0.15, 0.2) is 0 Å². The normalized spacial score (nSPS) is 17.8. The second-order valence-corrected chi connectivity index (χ2v) is 7.34. The van der Waals surface area contributed by atoms with Crippen molar-refractivity contribution >= 4 is 23.2 Å². The van der Waals surface area contributed by atoms with Crippen molar-refractivity contribution in [3.05, 3.63) is 34.3 Å². The lowest BCUT2D eigenvalue weighted by Crippen LogP contribution is -2.34. The molecule has 2 aromatic heterocycles. The molecule has 7 nitrogen and oxygen atoms in total. The number of carbonyl (C=O) groups excluding carboxylic acids is 2. The van der Waals surface area contributed by atoms with E-state index >= 15 is 0 Å². The van der Waals surface area contributed by atoms with Crippen LogP contribution in [0.5, 0.6) is 0 Å². The van der Waals surface area contributed by atoms with E-state index in [1.807, 2.05) is 16.8 Å². The first-order valence-electron chi connectivity index (χ1n) is 8.60. The monoisotopic (exact) mass is 361 g/mol. The quantitative estimate of drug-likeness (QED) is 0.825. The Kier molecular flexibility index (Phi) is 5.47. The lowest BCUT2D eigenvalue weighted by molar-refractivity contribution is -0.120. The van der Waals surface area contributed by atoms with Crippen molar-refractivity contribution in [1.82, 2.24) is 20.3 Å². The standard InChI is InChI=1S/C17H23N5O2S/c1-11(16(18)23)22-9-14(20-21-22)15(12-5-3-2-4-6-12)19-17(24)13-7-8-25-10-13/h7-12,15H,2-6H2,1H3,(H2,18,23)(H,19,24)/t11-,15+/m1/s1. The van der Waals surface area contributed by atoms with Crippen molar-refractivity contribution in [2.24, 2.45) is 11.7 Å². The maximum atomic E-state index is 12.5. The first-order chi connectivity index (χ1) is 12.1. The summed E-state index contributed by atoms with van der Waals surface area (Å²) < 4.78 is 1.46. The van der Waals surface area contributed by atoms with Crippen molar-refractivity contribution in [2.45, 2.75) is 51.1 Å². The Bertz CT molecular complexity index is 721. The Morgan fingerprint density at radius 3 is 2.76 bits per heavy atom. The number of rotatable bonds is 6. The molecule has 25 heavy (non-hydrogen) atoms. The van der Waals surface area contributed by atoms with Crippen LogP contribution in [0.1, 0.15) is 67.2 Å². The van der Waals surface area contributed by atoms with E-state index in [0.29, 0.717) is 17.2 Å². The molecule has 0 spiro atoms. The maximum absolute atomic E-state index is 12.5. The van der Waals surface area contributed by atoms with Gasteiger partial charge in [0.2, 0.25) is 5.91 Å². The van der Waals surface area contributed by atoms with Gasteiger partial charge in [0, 0.05) is 5.38 Å². The molecule has 2 aromatic rings. The van der Waals surface area contributed by atoms with E-state index in [4.69, 9.17) is 5.73 Å². The van der Waals surface area contributed by atoms with Gasteiger partial charge in [-0.3, -0.25) is 9.59 Å². The number of thiophene rings is 1. The topological polar surface area (TPSA) is 103 Å². The molecule has 3 rings (SSSR count). The van der Waals surface area contributed by atoms with Gasteiger partial charge in [0.25, 0.3) is 5.91 Å². The van der Waals surface area contributed by atoms with Gasteiger partial charge in [0.1, 0.15) is 11.7 Å². The van der Waals surface area contributed by atoms with Crippen molar-refractivity contribution in [3.8, 4) is 0 Å². The molecule has 0 aliphatic heterocycles. The molecular weight excluding hydrogens is 338 g/mol. The highest BCUT2D eigenvalue weighted by Crippen LogP contribution is 2.34. The summed E-state index contributed by atoms with van der Waals surface area (Å²) in [5.74, 6) is -0.243. The highest BCUT2D eigenvalue weighted by molar-refractivity contribution is 7.08. The summed E-state index contributed by atoms with van der Waals surface area (Å²) in [7, 11) is 0. The molecule has 0 unspecified atom stereocenters. The van der Waals surface area contributed by atoms with Crippen molar-refractivity contribution in [3.63, 3.8) is 0 Å². The molecule has 8 heteroatoms. The maximum Gasteiger partial charge on any atom is 0.252 e. The number of nitrogens with zero attached hydrogens (tertiary/aromatic N) is 3. The smallest absolute Gasteiger partial charge is 0.252 e. The van der Waals surface area contributed by atoms with E-state index in [2.05, 4.69) is 15.6 Å². The Balaban J connectivity index is 1.83. The molecule has 1 saturated carbocycles. The molecule has 1 aliphatic rings.